The molecule has 0 radical (unpaired) electrons. The van der Waals surface area contributed by atoms with E-state index in [1.54, 1.807) is 13.1 Å². The fourth-order valence-electron chi connectivity index (χ4n) is 2.51. The highest BCUT2D eigenvalue weighted by Gasteiger charge is 2.20. The van der Waals surface area contributed by atoms with Gasteiger partial charge in [-0.05, 0) is 57.1 Å². The maximum Gasteiger partial charge on any atom is 0.251 e. The number of amides is 1. The molecule has 0 unspecified atom stereocenters. The van der Waals surface area contributed by atoms with Crippen LogP contribution in [0.25, 0.3) is 0 Å². The summed E-state index contributed by atoms with van der Waals surface area (Å²) in [6, 6.07) is 0.300. The highest BCUT2D eigenvalue weighted by Crippen LogP contribution is 2.23. The summed E-state index contributed by atoms with van der Waals surface area (Å²) in [5.74, 6) is 0.766. The van der Waals surface area contributed by atoms with Gasteiger partial charge in [0.25, 0.3) is 5.91 Å². The van der Waals surface area contributed by atoms with Crippen LogP contribution in [0.4, 0.5) is 0 Å². The molecule has 1 saturated carbocycles. The predicted octanol–water partition coefficient (Wildman–Crippen LogP) is 3.86. The molecule has 0 saturated heterocycles. The number of aliphatic imine (C=N–C) groups is 2. The zero-order chi connectivity index (χ0) is 17.2. The van der Waals surface area contributed by atoms with Crippen molar-refractivity contribution < 1.29 is 4.79 Å². The van der Waals surface area contributed by atoms with E-state index < -0.39 is 0 Å². The van der Waals surface area contributed by atoms with Crippen LogP contribution in [0.2, 0.25) is 0 Å². The van der Waals surface area contributed by atoms with Crippen molar-refractivity contribution in [2.75, 3.05) is 7.05 Å². The summed E-state index contributed by atoms with van der Waals surface area (Å²) < 4.78 is 0. The Hall–Kier alpha value is -1.97. The summed E-state index contributed by atoms with van der Waals surface area (Å²) in [5.41, 5.74) is 2.20. The Bertz CT molecular complexity index is 533. The third-order valence-electron chi connectivity index (χ3n) is 4.22. The van der Waals surface area contributed by atoms with Crippen LogP contribution in [0.3, 0.4) is 0 Å². The molecule has 126 valence electrons. The second-order valence-electron chi connectivity index (χ2n) is 6.12. The fourth-order valence-corrected chi connectivity index (χ4v) is 2.51. The minimum absolute atomic E-state index is 0.0131. The van der Waals surface area contributed by atoms with Crippen molar-refractivity contribution in [3.8, 4) is 0 Å². The molecule has 0 aromatic carbocycles. The van der Waals surface area contributed by atoms with E-state index in [0.717, 1.165) is 30.0 Å². The Morgan fingerprint density at radius 1 is 1.22 bits per heavy atom. The van der Waals surface area contributed by atoms with E-state index in [-0.39, 0.29) is 5.91 Å². The number of nitrogens with zero attached hydrogens (tertiary/aromatic N) is 2. The first-order valence-electron chi connectivity index (χ1n) is 8.27. The Kier molecular flexibility index (Phi) is 8.23. The zero-order valence-electron chi connectivity index (χ0n) is 14.8. The molecule has 0 aromatic heterocycles. The Morgan fingerprint density at radius 2 is 1.87 bits per heavy atom. The van der Waals surface area contributed by atoms with Crippen molar-refractivity contribution in [2.24, 2.45) is 15.9 Å². The number of carbonyl (C=O) groups is 1. The summed E-state index contributed by atoms with van der Waals surface area (Å²) in [5, 5.41) is 3.14. The SMILES string of the molecule is C=C(/C=C\C(=C/C)C(=O)NC1CCC(C)CC1)C(C)=NC=NC. The van der Waals surface area contributed by atoms with Crippen molar-refractivity contribution in [1.29, 1.82) is 0 Å². The summed E-state index contributed by atoms with van der Waals surface area (Å²) in [6.45, 7) is 9.97. The lowest BCUT2D eigenvalue weighted by Gasteiger charge is -2.27. The molecule has 0 spiro atoms. The van der Waals surface area contributed by atoms with Gasteiger partial charge in [0, 0.05) is 24.4 Å². The zero-order valence-corrected chi connectivity index (χ0v) is 14.8. The van der Waals surface area contributed by atoms with Gasteiger partial charge in [-0.25, -0.2) is 4.99 Å². The molecule has 1 rings (SSSR count). The molecule has 0 bridgehead atoms. The Morgan fingerprint density at radius 3 is 2.43 bits per heavy atom. The van der Waals surface area contributed by atoms with Gasteiger partial charge in [0.2, 0.25) is 0 Å². The van der Waals surface area contributed by atoms with Crippen LogP contribution < -0.4 is 5.32 Å². The molecule has 4 nitrogen and oxygen atoms in total. The van der Waals surface area contributed by atoms with Gasteiger partial charge in [-0.15, -0.1) is 0 Å². The Balaban J connectivity index is 2.60. The first-order chi connectivity index (χ1) is 11.0. The van der Waals surface area contributed by atoms with Crippen molar-refractivity contribution >= 4 is 18.0 Å². The molecule has 1 aliphatic carbocycles. The molecule has 1 fully saturated rings. The summed E-state index contributed by atoms with van der Waals surface area (Å²) >= 11 is 0. The van der Waals surface area contributed by atoms with Crippen molar-refractivity contribution in [3.05, 3.63) is 36.0 Å². The van der Waals surface area contributed by atoms with Gasteiger partial charge < -0.3 is 5.32 Å². The summed E-state index contributed by atoms with van der Waals surface area (Å²) in [4.78, 5) is 20.3. The van der Waals surface area contributed by atoms with Crippen LogP contribution >= 0.6 is 0 Å². The van der Waals surface area contributed by atoms with Crippen LogP contribution in [-0.2, 0) is 4.79 Å². The minimum Gasteiger partial charge on any atom is -0.349 e. The van der Waals surface area contributed by atoms with Gasteiger partial charge in [-0.2, -0.15) is 0 Å². The lowest BCUT2D eigenvalue weighted by atomic mass is 9.87. The number of hydrogen-bond donors (Lipinski definition) is 1. The first kappa shape index (κ1) is 19.1. The van der Waals surface area contributed by atoms with Gasteiger partial charge >= 0.3 is 0 Å². The number of rotatable bonds is 6. The normalized spacial score (nSPS) is 23.5. The van der Waals surface area contributed by atoms with Crippen LogP contribution in [0.15, 0.2) is 45.9 Å². The molecule has 0 heterocycles. The van der Waals surface area contributed by atoms with Crippen molar-refractivity contribution in [2.45, 2.75) is 52.5 Å². The summed E-state index contributed by atoms with van der Waals surface area (Å²) in [6.07, 6.45) is 11.5. The maximum atomic E-state index is 12.4. The number of hydrogen-bond acceptors (Lipinski definition) is 2. The van der Waals surface area contributed by atoms with Gasteiger partial charge in [0.05, 0.1) is 0 Å². The number of carbonyl (C=O) groups excluding carboxylic acids is 1. The Labute approximate surface area is 140 Å². The van der Waals surface area contributed by atoms with Crippen LogP contribution in [-0.4, -0.2) is 31.0 Å². The maximum absolute atomic E-state index is 12.4. The second kappa shape index (κ2) is 9.93. The van der Waals surface area contributed by atoms with E-state index in [2.05, 4.69) is 28.8 Å². The van der Waals surface area contributed by atoms with E-state index in [1.807, 2.05) is 26.0 Å². The lowest BCUT2D eigenvalue weighted by Crippen LogP contribution is -2.37. The van der Waals surface area contributed by atoms with Crippen LogP contribution in [0.5, 0.6) is 0 Å². The van der Waals surface area contributed by atoms with E-state index in [0.29, 0.717) is 11.6 Å². The first-order valence-corrected chi connectivity index (χ1v) is 8.27. The largest absolute Gasteiger partial charge is 0.349 e. The van der Waals surface area contributed by atoms with E-state index in [9.17, 15) is 4.79 Å². The van der Waals surface area contributed by atoms with Gasteiger partial charge in [0.1, 0.15) is 6.34 Å². The summed E-state index contributed by atoms with van der Waals surface area (Å²) in [7, 11) is 1.67. The minimum atomic E-state index is -0.0131. The highest BCUT2D eigenvalue weighted by atomic mass is 16.1. The molecule has 0 aromatic rings. The molecule has 1 aliphatic rings. The van der Waals surface area contributed by atoms with Gasteiger partial charge in [-0.1, -0.05) is 25.7 Å². The molecule has 23 heavy (non-hydrogen) atoms. The van der Waals surface area contributed by atoms with E-state index >= 15 is 0 Å². The topological polar surface area (TPSA) is 53.8 Å². The molecule has 0 atom stereocenters. The highest BCUT2D eigenvalue weighted by molar-refractivity contribution is 6.04. The number of allylic oxidation sites excluding steroid dienone is 3. The molecule has 4 heteroatoms. The average Bonchev–Trinajstić information content (AvgIpc) is 2.55. The van der Waals surface area contributed by atoms with E-state index in [1.165, 1.54) is 19.2 Å². The molecular weight excluding hydrogens is 286 g/mol. The average molecular weight is 315 g/mol. The van der Waals surface area contributed by atoms with E-state index in [4.69, 9.17) is 0 Å². The molecule has 0 aliphatic heterocycles. The molecular formula is C19H29N3O. The van der Waals surface area contributed by atoms with Gasteiger partial charge in [-0.3, -0.25) is 9.79 Å². The molecule has 1 N–H and O–H groups in total. The third-order valence-corrected chi connectivity index (χ3v) is 4.22. The van der Waals surface area contributed by atoms with Crippen molar-refractivity contribution in [3.63, 3.8) is 0 Å². The smallest absolute Gasteiger partial charge is 0.251 e. The second-order valence-corrected chi connectivity index (χ2v) is 6.12. The molecule has 1 amide bonds. The quantitative estimate of drug-likeness (QED) is 0.344. The van der Waals surface area contributed by atoms with Crippen LogP contribution in [0, 0.1) is 5.92 Å². The monoisotopic (exact) mass is 315 g/mol. The standard InChI is InChI=1S/C19H29N3O/c1-6-17(10-9-15(3)16(4)21-13-20-5)19(23)22-18-11-7-14(2)8-12-18/h6,9-10,13-14,18H,3,7-8,11-12H2,1-2,4-5H3,(H,22,23)/b10-9-,17-6+,20-13?,21-16?. The van der Waals surface area contributed by atoms with Gasteiger partial charge in [0.15, 0.2) is 0 Å². The third kappa shape index (κ3) is 6.76. The number of nitrogens with one attached hydrogen (secondary N) is 1. The van der Waals surface area contributed by atoms with Crippen LogP contribution in [0.1, 0.15) is 46.5 Å². The predicted molar refractivity (Wildman–Crippen MR) is 99.1 cm³/mol. The fraction of sp³-hybridized carbons (Fsp3) is 0.526. The lowest BCUT2D eigenvalue weighted by molar-refractivity contribution is -0.118. The van der Waals surface area contributed by atoms with Crippen molar-refractivity contribution in [1.82, 2.24) is 5.32 Å².